The van der Waals surface area contributed by atoms with Gasteiger partial charge in [-0.05, 0) is 62.0 Å². The van der Waals surface area contributed by atoms with Crippen molar-refractivity contribution < 1.29 is 13.2 Å². The van der Waals surface area contributed by atoms with Crippen molar-refractivity contribution in [3.63, 3.8) is 0 Å². The third-order valence-electron chi connectivity index (χ3n) is 5.40. The molecule has 1 saturated heterocycles. The third-order valence-corrected chi connectivity index (χ3v) is 6.92. The number of benzene rings is 2. The molecular weight excluding hydrogens is 424 g/mol. The van der Waals surface area contributed by atoms with Crippen molar-refractivity contribution in [1.29, 1.82) is 0 Å². The number of carbonyl (C=O) groups excluding carboxylic acids is 1. The lowest BCUT2D eigenvalue weighted by Crippen LogP contribution is -2.35. The van der Waals surface area contributed by atoms with Gasteiger partial charge in [-0.1, -0.05) is 48.5 Å². The van der Waals surface area contributed by atoms with Gasteiger partial charge in [0.15, 0.2) is 0 Å². The molecule has 1 aliphatic heterocycles. The first-order valence-electron chi connectivity index (χ1n) is 11.2. The second-order valence-electron chi connectivity index (χ2n) is 8.64. The van der Waals surface area contributed by atoms with E-state index in [0.29, 0.717) is 12.1 Å². The Morgan fingerprint density at radius 3 is 2.16 bits per heavy atom. The van der Waals surface area contributed by atoms with Crippen LogP contribution in [0.2, 0.25) is 0 Å². The summed E-state index contributed by atoms with van der Waals surface area (Å²) in [5.74, 6) is -0.117. The maximum atomic E-state index is 12.3. The first-order valence-corrected chi connectivity index (χ1v) is 12.8. The number of likely N-dealkylation sites (tertiary alicyclic amines) is 1. The van der Waals surface area contributed by atoms with Crippen molar-refractivity contribution in [2.24, 2.45) is 0 Å². The zero-order valence-corrected chi connectivity index (χ0v) is 19.7. The number of rotatable bonds is 10. The molecule has 0 bridgehead atoms. The number of nitrogens with one attached hydrogen (secondary N) is 3. The van der Waals surface area contributed by atoms with Crippen LogP contribution in [0.4, 0.5) is 4.79 Å². The van der Waals surface area contributed by atoms with Crippen molar-refractivity contribution in [2.45, 2.75) is 58.1 Å². The molecular formula is C24H34N4O3S. The SMILES string of the molecule is CC(C)NS(=O)(=O)Cc1ccccc1CNC(=O)NCc1ccc(CN2CCCC2)cc1. The van der Waals surface area contributed by atoms with E-state index in [4.69, 9.17) is 0 Å². The maximum absolute atomic E-state index is 12.3. The molecule has 0 radical (unpaired) electrons. The Morgan fingerprint density at radius 1 is 0.906 bits per heavy atom. The van der Waals surface area contributed by atoms with E-state index in [2.05, 4.69) is 32.4 Å². The molecule has 174 valence electrons. The molecule has 0 aromatic heterocycles. The lowest BCUT2D eigenvalue weighted by Gasteiger charge is -2.15. The zero-order chi connectivity index (χ0) is 23.0. The molecule has 0 unspecified atom stereocenters. The molecule has 1 heterocycles. The van der Waals surface area contributed by atoms with E-state index < -0.39 is 10.0 Å². The molecule has 2 aromatic rings. The van der Waals surface area contributed by atoms with Crippen molar-refractivity contribution in [2.75, 3.05) is 13.1 Å². The number of carbonyl (C=O) groups is 1. The smallest absolute Gasteiger partial charge is 0.315 e. The van der Waals surface area contributed by atoms with Gasteiger partial charge in [-0.2, -0.15) is 0 Å². The van der Waals surface area contributed by atoms with E-state index >= 15 is 0 Å². The summed E-state index contributed by atoms with van der Waals surface area (Å²) in [6, 6.07) is 15.1. The molecule has 1 aliphatic rings. The third kappa shape index (κ3) is 7.93. The number of sulfonamides is 1. The van der Waals surface area contributed by atoms with Crippen LogP contribution in [-0.2, 0) is 35.4 Å². The Labute approximate surface area is 191 Å². The highest BCUT2D eigenvalue weighted by atomic mass is 32.2. The monoisotopic (exact) mass is 458 g/mol. The van der Waals surface area contributed by atoms with Crippen LogP contribution in [-0.4, -0.2) is 38.5 Å². The normalized spacial score (nSPS) is 14.6. The molecule has 0 spiro atoms. The highest BCUT2D eigenvalue weighted by molar-refractivity contribution is 7.88. The van der Waals surface area contributed by atoms with Crippen LogP contribution in [0.15, 0.2) is 48.5 Å². The Hall–Kier alpha value is -2.42. The van der Waals surface area contributed by atoms with E-state index in [1.807, 2.05) is 24.3 Å². The Bertz CT molecular complexity index is 985. The largest absolute Gasteiger partial charge is 0.334 e. The van der Waals surface area contributed by atoms with E-state index in [-0.39, 0.29) is 24.4 Å². The fourth-order valence-electron chi connectivity index (χ4n) is 3.86. The number of urea groups is 1. The molecule has 32 heavy (non-hydrogen) atoms. The molecule has 1 fully saturated rings. The van der Waals surface area contributed by atoms with Gasteiger partial charge in [0.2, 0.25) is 10.0 Å². The van der Waals surface area contributed by atoms with Gasteiger partial charge in [-0.3, -0.25) is 4.90 Å². The summed E-state index contributed by atoms with van der Waals surface area (Å²) >= 11 is 0. The average Bonchev–Trinajstić information content (AvgIpc) is 3.24. The van der Waals surface area contributed by atoms with Gasteiger partial charge in [0.05, 0.1) is 5.75 Å². The van der Waals surface area contributed by atoms with E-state index in [9.17, 15) is 13.2 Å². The van der Waals surface area contributed by atoms with Gasteiger partial charge in [0.1, 0.15) is 0 Å². The van der Waals surface area contributed by atoms with Gasteiger partial charge in [-0.15, -0.1) is 0 Å². The van der Waals surface area contributed by atoms with Gasteiger partial charge >= 0.3 is 6.03 Å². The molecule has 2 amide bonds. The Morgan fingerprint density at radius 2 is 1.50 bits per heavy atom. The van der Waals surface area contributed by atoms with Crippen molar-refractivity contribution in [1.82, 2.24) is 20.3 Å². The molecule has 0 atom stereocenters. The molecule has 8 heteroatoms. The summed E-state index contributed by atoms with van der Waals surface area (Å²) in [6.07, 6.45) is 2.57. The maximum Gasteiger partial charge on any atom is 0.315 e. The minimum absolute atomic E-state index is 0.117. The fraction of sp³-hybridized carbons (Fsp3) is 0.458. The predicted octanol–water partition coefficient (Wildman–Crippen LogP) is 3.11. The summed E-state index contributed by atoms with van der Waals surface area (Å²) < 4.78 is 27.1. The lowest BCUT2D eigenvalue weighted by atomic mass is 10.1. The highest BCUT2D eigenvalue weighted by Gasteiger charge is 2.16. The molecule has 0 aliphatic carbocycles. The van der Waals surface area contributed by atoms with Crippen LogP contribution in [0.5, 0.6) is 0 Å². The Kier molecular flexibility index (Phi) is 8.67. The van der Waals surface area contributed by atoms with Gasteiger partial charge in [-0.25, -0.2) is 17.9 Å². The molecule has 2 aromatic carbocycles. The van der Waals surface area contributed by atoms with E-state index in [1.165, 1.54) is 31.5 Å². The minimum atomic E-state index is -3.43. The molecule has 7 nitrogen and oxygen atoms in total. The summed E-state index contributed by atoms with van der Waals surface area (Å²) in [5.41, 5.74) is 3.78. The molecule has 3 N–H and O–H groups in total. The quantitative estimate of drug-likeness (QED) is 0.510. The summed E-state index contributed by atoms with van der Waals surface area (Å²) in [6.45, 7) is 7.60. The van der Waals surface area contributed by atoms with Crippen molar-refractivity contribution >= 4 is 16.1 Å². The second-order valence-corrected chi connectivity index (χ2v) is 10.4. The van der Waals surface area contributed by atoms with Crippen LogP contribution in [0.25, 0.3) is 0 Å². The standard InChI is InChI=1S/C24H34N4O3S/c1-19(2)27-32(30,31)18-23-8-4-3-7-22(23)16-26-24(29)25-15-20-9-11-21(12-10-20)17-28-13-5-6-14-28/h3-4,7-12,19,27H,5-6,13-18H2,1-2H3,(H2,25,26,29). The van der Waals surface area contributed by atoms with Gasteiger partial charge in [0.25, 0.3) is 0 Å². The van der Waals surface area contributed by atoms with Crippen molar-refractivity contribution in [3.8, 4) is 0 Å². The molecule has 0 saturated carbocycles. The van der Waals surface area contributed by atoms with E-state index in [0.717, 1.165) is 17.7 Å². The fourth-order valence-corrected chi connectivity index (χ4v) is 5.35. The van der Waals surface area contributed by atoms with Crippen LogP contribution < -0.4 is 15.4 Å². The van der Waals surface area contributed by atoms with Crippen LogP contribution >= 0.6 is 0 Å². The first-order chi connectivity index (χ1) is 15.3. The zero-order valence-electron chi connectivity index (χ0n) is 18.9. The van der Waals surface area contributed by atoms with Gasteiger partial charge in [0, 0.05) is 25.7 Å². The Balaban J connectivity index is 1.47. The minimum Gasteiger partial charge on any atom is -0.334 e. The highest BCUT2D eigenvalue weighted by Crippen LogP contribution is 2.14. The van der Waals surface area contributed by atoms with Crippen LogP contribution in [0, 0.1) is 0 Å². The topological polar surface area (TPSA) is 90.5 Å². The van der Waals surface area contributed by atoms with Crippen LogP contribution in [0.1, 0.15) is 48.9 Å². The van der Waals surface area contributed by atoms with Gasteiger partial charge < -0.3 is 10.6 Å². The summed E-state index contributed by atoms with van der Waals surface area (Å²) in [4.78, 5) is 14.7. The average molecular weight is 459 g/mol. The number of hydrogen-bond acceptors (Lipinski definition) is 4. The molecule has 3 rings (SSSR count). The number of amides is 2. The van der Waals surface area contributed by atoms with E-state index in [1.54, 1.807) is 26.0 Å². The number of hydrogen-bond donors (Lipinski definition) is 3. The predicted molar refractivity (Wildman–Crippen MR) is 127 cm³/mol. The second kappa shape index (κ2) is 11.4. The summed E-state index contributed by atoms with van der Waals surface area (Å²) in [5, 5.41) is 5.69. The lowest BCUT2D eigenvalue weighted by molar-refractivity contribution is 0.240. The number of nitrogens with zero attached hydrogens (tertiary/aromatic N) is 1. The first kappa shape index (κ1) is 24.2. The summed E-state index contributed by atoms with van der Waals surface area (Å²) in [7, 11) is -3.43. The van der Waals surface area contributed by atoms with Crippen LogP contribution in [0.3, 0.4) is 0 Å². The van der Waals surface area contributed by atoms with Crippen molar-refractivity contribution in [3.05, 3.63) is 70.8 Å².